The number of rotatable bonds is 5. The number of likely N-dealkylation sites (N-methyl/N-ethyl adjacent to an activating group) is 1. The van der Waals surface area contributed by atoms with Crippen LogP contribution in [0.5, 0.6) is 0 Å². The fraction of sp³-hybridized carbons (Fsp3) is 0.538. The zero-order valence-electron chi connectivity index (χ0n) is 10.1. The molecule has 1 N–H and O–H groups in total. The van der Waals surface area contributed by atoms with Crippen LogP contribution in [0, 0.1) is 0 Å². The smallest absolute Gasteiger partial charge is 0.314 e. The molecule has 0 saturated carbocycles. The molecule has 0 spiro atoms. The summed E-state index contributed by atoms with van der Waals surface area (Å²) in [5.41, 5.74) is 0.351. The van der Waals surface area contributed by atoms with Gasteiger partial charge < -0.3 is 5.32 Å². The van der Waals surface area contributed by atoms with Crippen LogP contribution in [-0.4, -0.2) is 12.6 Å². The highest BCUT2D eigenvalue weighted by Gasteiger charge is 2.29. The van der Waals surface area contributed by atoms with Gasteiger partial charge in [-0.3, -0.25) is 0 Å². The summed E-state index contributed by atoms with van der Waals surface area (Å²) >= 11 is 0. The molecule has 0 bridgehead atoms. The molecule has 0 amide bonds. The Morgan fingerprint density at radius 2 is 1.71 bits per heavy atom. The van der Waals surface area contributed by atoms with Crippen molar-refractivity contribution in [2.75, 3.05) is 6.54 Å². The van der Waals surface area contributed by atoms with E-state index in [0.29, 0.717) is 6.04 Å². The number of nitrogens with one attached hydrogen (secondary N) is 1. The van der Waals surface area contributed by atoms with E-state index in [1.54, 1.807) is 12.1 Å². The van der Waals surface area contributed by atoms with Gasteiger partial charge in [-0.05, 0) is 37.1 Å². The van der Waals surface area contributed by atoms with E-state index in [1.807, 2.05) is 6.92 Å². The van der Waals surface area contributed by atoms with Crippen LogP contribution >= 0.6 is 0 Å². The van der Waals surface area contributed by atoms with Gasteiger partial charge in [-0.1, -0.05) is 26.0 Å². The lowest BCUT2D eigenvalue weighted by Crippen LogP contribution is -2.30. The molecular formula is C13H18F3N. The number of hydrogen-bond donors (Lipinski definition) is 1. The van der Waals surface area contributed by atoms with Gasteiger partial charge in [-0.25, -0.2) is 0 Å². The Bertz CT molecular complexity index is 330. The highest BCUT2D eigenvalue weighted by Crippen LogP contribution is 2.29. The van der Waals surface area contributed by atoms with Gasteiger partial charge in [0.1, 0.15) is 0 Å². The molecule has 17 heavy (non-hydrogen) atoms. The van der Waals surface area contributed by atoms with Gasteiger partial charge >= 0.3 is 6.18 Å². The molecule has 0 aliphatic carbocycles. The van der Waals surface area contributed by atoms with Crippen molar-refractivity contribution in [3.8, 4) is 0 Å². The Morgan fingerprint density at radius 1 is 1.12 bits per heavy atom. The molecule has 0 aromatic heterocycles. The maximum atomic E-state index is 12.4. The van der Waals surface area contributed by atoms with E-state index < -0.39 is 11.7 Å². The lowest BCUT2D eigenvalue weighted by molar-refractivity contribution is -0.137. The van der Waals surface area contributed by atoms with Crippen LogP contribution in [0.4, 0.5) is 13.2 Å². The van der Waals surface area contributed by atoms with E-state index in [-0.39, 0.29) is 0 Å². The van der Waals surface area contributed by atoms with Crippen LogP contribution in [0.25, 0.3) is 0 Å². The summed E-state index contributed by atoms with van der Waals surface area (Å²) in [6, 6.07) is 5.74. The first-order chi connectivity index (χ1) is 7.97. The second kappa shape index (κ2) is 6.05. The van der Waals surface area contributed by atoms with Gasteiger partial charge in [0.05, 0.1) is 5.56 Å². The van der Waals surface area contributed by atoms with E-state index >= 15 is 0 Å². The summed E-state index contributed by atoms with van der Waals surface area (Å²) in [5, 5.41) is 3.30. The van der Waals surface area contributed by atoms with Crippen molar-refractivity contribution in [2.24, 2.45) is 0 Å². The van der Waals surface area contributed by atoms with Gasteiger partial charge in [0.15, 0.2) is 0 Å². The van der Waals surface area contributed by atoms with E-state index in [4.69, 9.17) is 0 Å². The molecule has 0 radical (unpaired) electrons. The highest BCUT2D eigenvalue weighted by atomic mass is 19.4. The zero-order valence-corrected chi connectivity index (χ0v) is 10.1. The van der Waals surface area contributed by atoms with Crippen LogP contribution in [0.3, 0.4) is 0 Å². The number of benzene rings is 1. The molecule has 0 saturated heterocycles. The SMILES string of the molecule is CCNC(CC)Cc1ccc(C(F)(F)F)cc1. The summed E-state index contributed by atoms with van der Waals surface area (Å²) in [6.07, 6.45) is -2.51. The van der Waals surface area contributed by atoms with Crippen molar-refractivity contribution < 1.29 is 13.2 Å². The van der Waals surface area contributed by atoms with E-state index in [1.165, 1.54) is 0 Å². The molecule has 0 aliphatic heterocycles. The molecule has 1 aromatic rings. The highest BCUT2D eigenvalue weighted by molar-refractivity contribution is 5.25. The third-order valence-corrected chi connectivity index (χ3v) is 2.75. The van der Waals surface area contributed by atoms with Crippen molar-refractivity contribution in [3.63, 3.8) is 0 Å². The molecule has 96 valence electrons. The third kappa shape index (κ3) is 4.38. The Labute approximate surface area is 100 Å². The summed E-state index contributed by atoms with van der Waals surface area (Å²) < 4.78 is 37.1. The molecule has 1 aromatic carbocycles. The Morgan fingerprint density at radius 3 is 2.12 bits per heavy atom. The standard InChI is InChI=1S/C13H18F3N/c1-3-12(17-4-2)9-10-5-7-11(8-6-10)13(14,15)16/h5-8,12,17H,3-4,9H2,1-2H3. The zero-order chi connectivity index (χ0) is 12.9. The van der Waals surface area contributed by atoms with Gasteiger partial charge in [-0.15, -0.1) is 0 Å². The fourth-order valence-corrected chi connectivity index (χ4v) is 1.76. The first-order valence-corrected chi connectivity index (χ1v) is 5.86. The number of alkyl halides is 3. The molecule has 0 aliphatic rings. The van der Waals surface area contributed by atoms with Gasteiger partial charge in [0.25, 0.3) is 0 Å². The third-order valence-electron chi connectivity index (χ3n) is 2.75. The first-order valence-electron chi connectivity index (χ1n) is 5.86. The predicted molar refractivity (Wildman–Crippen MR) is 62.9 cm³/mol. The van der Waals surface area contributed by atoms with Gasteiger partial charge in [0.2, 0.25) is 0 Å². The number of hydrogen-bond acceptors (Lipinski definition) is 1. The maximum absolute atomic E-state index is 12.4. The van der Waals surface area contributed by atoms with E-state index in [2.05, 4.69) is 12.2 Å². The van der Waals surface area contributed by atoms with Gasteiger partial charge in [-0.2, -0.15) is 13.2 Å². The molecule has 1 rings (SSSR count). The molecule has 1 unspecified atom stereocenters. The van der Waals surface area contributed by atoms with E-state index in [9.17, 15) is 13.2 Å². The van der Waals surface area contributed by atoms with Crippen molar-refractivity contribution in [1.29, 1.82) is 0 Å². The molecule has 1 nitrogen and oxygen atoms in total. The van der Waals surface area contributed by atoms with E-state index in [0.717, 1.165) is 37.1 Å². The van der Waals surface area contributed by atoms with Crippen molar-refractivity contribution in [2.45, 2.75) is 38.9 Å². The average Bonchev–Trinajstić information content (AvgIpc) is 2.28. The minimum Gasteiger partial charge on any atom is -0.314 e. The topological polar surface area (TPSA) is 12.0 Å². The summed E-state index contributed by atoms with van der Waals surface area (Å²) in [6.45, 7) is 4.96. The molecule has 4 heteroatoms. The summed E-state index contributed by atoms with van der Waals surface area (Å²) in [4.78, 5) is 0. The second-order valence-corrected chi connectivity index (χ2v) is 4.06. The fourth-order valence-electron chi connectivity index (χ4n) is 1.76. The predicted octanol–water partition coefficient (Wildman–Crippen LogP) is 3.64. The van der Waals surface area contributed by atoms with Crippen LogP contribution < -0.4 is 5.32 Å². The lowest BCUT2D eigenvalue weighted by Gasteiger charge is -2.16. The summed E-state index contributed by atoms with van der Waals surface area (Å²) in [7, 11) is 0. The maximum Gasteiger partial charge on any atom is 0.416 e. The van der Waals surface area contributed by atoms with Crippen molar-refractivity contribution >= 4 is 0 Å². The van der Waals surface area contributed by atoms with Crippen molar-refractivity contribution in [3.05, 3.63) is 35.4 Å². The van der Waals surface area contributed by atoms with Crippen LogP contribution in [-0.2, 0) is 12.6 Å². The molecule has 0 heterocycles. The Kier molecular flexibility index (Phi) is 5.00. The minimum atomic E-state index is -4.25. The van der Waals surface area contributed by atoms with Crippen LogP contribution in [0.2, 0.25) is 0 Å². The largest absolute Gasteiger partial charge is 0.416 e. The van der Waals surface area contributed by atoms with Crippen LogP contribution in [0.1, 0.15) is 31.4 Å². The Hall–Kier alpha value is -1.03. The van der Waals surface area contributed by atoms with Crippen molar-refractivity contribution in [1.82, 2.24) is 5.32 Å². The first kappa shape index (κ1) is 14.0. The second-order valence-electron chi connectivity index (χ2n) is 4.06. The van der Waals surface area contributed by atoms with Gasteiger partial charge in [0, 0.05) is 6.04 Å². The average molecular weight is 245 g/mol. The quantitative estimate of drug-likeness (QED) is 0.835. The molecule has 0 fully saturated rings. The monoisotopic (exact) mass is 245 g/mol. The minimum absolute atomic E-state index is 0.330. The number of halogens is 3. The normalized spacial score (nSPS) is 13.7. The Balaban J connectivity index is 2.68. The lowest BCUT2D eigenvalue weighted by atomic mass is 10.0. The molecular weight excluding hydrogens is 227 g/mol. The summed E-state index contributed by atoms with van der Waals surface area (Å²) in [5.74, 6) is 0. The van der Waals surface area contributed by atoms with Crippen LogP contribution in [0.15, 0.2) is 24.3 Å². The molecule has 1 atom stereocenters.